The maximum Gasteiger partial charge on any atom is 0.267 e. The van der Waals surface area contributed by atoms with Gasteiger partial charge in [0.1, 0.15) is 0 Å². The zero-order valence-corrected chi connectivity index (χ0v) is 19.7. The van der Waals surface area contributed by atoms with Gasteiger partial charge in [0.15, 0.2) is 0 Å². The number of para-hydroxylation sites is 1. The molecule has 186 valence electrons. The number of hydroxylamine groups is 1. The molecule has 0 bridgehead atoms. The SMILES string of the molecule is O=C(/C=C/c1ccc2c(c1)CCC2N(CCO)CCc1cn(CC(O)CO)c2ccccc12)NO. The molecule has 3 aromatic rings. The lowest BCUT2D eigenvalue weighted by atomic mass is 10.0. The zero-order valence-electron chi connectivity index (χ0n) is 19.7. The van der Waals surface area contributed by atoms with Gasteiger partial charge in [0.05, 0.1) is 25.9 Å². The second kappa shape index (κ2) is 11.6. The maximum atomic E-state index is 11.3. The molecular formula is C27H33N3O5. The number of carbonyl (C=O) groups excluding carboxylic acids is 1. The highest BCUT2D eigenvalue weighted by Gasteiger charge is 2.28. The number of aryl methyl sites for hydroxylation is 1. The summed E-state index contributed by atoms with van der Waals surface area (Å²) in [6.45, 7) is 1.49. The van der Waals surface area contributed by atoms with Crippen molar-refractivity contribution in [2.75, 3.05) is 26.3 Å². The van der Waals surface area contributed by atoms with Crippen molar-refractivity contribution < 1.29 is 25.3 Å². The third-order valence-electron chi connectivity index (χ3n) is 6.74. The van der Waals surface area contributed by atoms with E-state index in [0.717, 1.165) is 42.3 Å². The molecule has 0 spiro atoms. The predicted molar refractivity (Wildman–Crippen MR) is 134 cm³/mol. The Bertz CT molecular complexity index is 1190. The lowest BCUT2D eigenvalue weighted by Gasteiger charge is -2.29. The minimum Gasteiger partial charge on any atom is -0.395 e. The fourth-order valence-electron chi connectivity index (χ4n) is 5.08. The molecule has 1 amide bonds. The van der Waals surface area contributed by atoms with Crippen molar-refractivity contribution in [2.24, 2.45) is 0 Å². The summed E-state index contributed by atoms with van der Waals surface area (Å²) < 4.78 is 2.00. The number of aliphatic hydroxyl groups is 3. The minimum atomic E-state index is -0.808. The Morgan fingerprint density at radius 2 is 2.03 bits per heavy atom. The number of aliphatic hydroxyl groups excluding tert-OH is 3. The van der Waals surface area contributed by atoms with E-state index in [-0.39, 0.29) is 19.3 Å². The standard InChI is InChI=1S/C27H33N3O5/c31-14-13-29(26-9-7-20-15-19(5-8-24(20)26)6-10-27(34)28-35)12-11-21-16-30(17-22(33)18-32)25-4-2-1-3-23(21)25/h1-6,8,10,15-16,22,26,31-33,35H,7,9,11-14,17-18H2,(H,28,34)/b10-6+. The van der Waals surface area contributed by atoms with Crippen molar-refractivity contribution in [1.82, 2.24) is 14.9 Å². The minimum absolute atomic E-state index is 0.0768. The molecule has 1 aliphatic rings. The first-order chi connectivity index (χ1) is 17.0. The van der Waals surface area contributed by atoms with Crippen LogP contribution >= 0.6 is 0 Å². The molecule has 0 saturated heterocycles. The molecule has 2 atom stereocenters. The molecule has 35 heavy (non-hydrogen) atoms. The summed E-state index contributed by atoms with van der Waals surface area (Å²) in [6.07, 6.45) is 6.90. The number of nitrogens with one attached hydrogen (secondary N) is 1. The highest BCUT2D eigenvalue weighted by Crippen LogP contribution is 2.36. The number of carbonyl (C=O) groups is 1. The van der Waals surface area contributed by atoms with Gasteiger partial charge in [-0.15, -0.1) is 0 Å². The normalized spacial score (nSPS) is 16.3. The molecule has 2 unspecified atom stereocenters. The molecule has 1 heterocycles. The van der Waals surface area contributed by atoms with Crippen LogP contribution in [-0.4, -0.2) is 68.3 Å². The summed E-state index contributed by atoms with van der Waals surface area (Å²) in [5.41, 5.74) is 7.19. The molecule has 8 nitrogen and oxygen atoms in total. The number of hydrogen-bond donors (Lipinski definition) is 5. The highest BCUT2D eigenvalue weighted by molar-refractivity contribution is 5.90. The van der Waals surface area contributed by atoms with Gasteiger partial charge in [-0.05, 0) is 53.7 Å². The van der Waals surface area contributed by atoms with Crippen LogP contribution < -0.4 is 5.48 Å². The van der Waals surface area contributed by atoms with Crippen LogP contribution in [0.2, 0.25) is 0 Å². The Morgan fingerprint density at radius 3 is 2.80 bits per heavy atom. The first-order valence-electron chi connectivity index (χ1n) is 12.0. The first-order valence-corrected chi connectivity index (χ1v) is 12.0. The Labute approximate surface area is 204 Å². The van der Waals surface area contributed by atoms with Crippen molar-refractivity contribution in [3.8, 4) is 0 Å². The second-order valence-corrected chi connectivity index (χ2v) is 8.99. The molecule has 8 heteroatoms. The Kier molecular flexibility index (Phi) is 8.33. The lowest BCUT2D eigenvalue weighted by molar-refractivity contribution is -0.124. The lowest BCUT2D eigenvalue weighted by Crippen LogP contribution is -2.32. The van der Waals surface area contributed by atoms with Crippen molar-refractivity contribution in [3.05, 3.63) is 77.0 Å². The smallest absolute Gasteiger partial charge is 0.267 e. The number of aromatic nitrogens is 1. The van der Waals surface area contributed by atoms with E-state index in [9.17, 15) is 20.1 Å². The van der Waals surface area contributed by atoms with E-state index >= 15 is 0 Å². The molecule has 1 aliphatic carbocycles. The van der Waals surface area contributed by atoms with Crippen LogP contribution in [0.4, 0.5) is 0 Å². The summed E-state index contributed by atoms with van der Waals surface area (Å²) in [7, 11) is 0. The van der Waals surface area contributed by atoms with E-state index in [1.807, 2.05) is 28.8 Å². The molecule has 5 N–H and O–H groups in total. The average molecular weight is 480 g/mol. The van der Waals surface area contributed by atoms with Crippen LogP contribution in [-0.2, 0) is 24.2 Å². The fourth-order valence-corrected chi connectivity index (χ4v) is 5.08. The molecule has 0 aliphatic heterocycles. The number of fused-ring (bicyclic) bond motifs is 2. The van der Waals surface area contributed by atoms with Crippen LogP contribution in [0.5, 0.6) is 0 Å². The second-order valence-electron chi connectivity index (χ2n) is 8.99. The molecule has 0 fully saturated rings. The number of benzene rings is 2. The number of nitrogens with zero attached hydrogens (tertiary/aromatic N) is 2. The Morgan fingerprint density at radius 1 is 1.20 bits per heavy atom. The summed E-state index contributed by atoms with van der Waals surface area (Å²) in [6, 6.07) is 14.4. The largest absolute Gasteiger partial charge is 0.395 e. The summed E-state index contributed by atoms with van der Waals surface area (Å²) >= 11 is 0. The van der Waals surface area contributed by atoms with Gasteiger partial charge in [-0.2, -0.15) is 0 Å². The first kappa shape index (κ1) is 25.1. The molecule has 0 radical (unpaired) electrons. The topological polar surface area (TPSA) is 118 Å². The van der Waals surface area contributed by atoms with E-state index < -0.39 is 12.0 Å². The van der Waals surface area contributed by atoms with Crippen LogP contribution in [0.1, 0.15) is 34.7 Å². The Hall–Kier alpha value is -3.01. The van der Waals surface area contributed by atoms with Crippen molar-refractivity contribution in [2.45, 2.75) is 38.0 Å². The van der Waals surface area contributed by atoms with Crippen LogP contribution in [0, 0.1) is 0 Å². The van der Waals surface area contributed by atoms with E-state index in [1.54, 1.807) is 11.6 Å². The summed E-state index contributed by atoms with van der Waals surface area (Å²) in [5.74, 6) is -0.565. The van der Waals surface area contributed by atoms with Gasteiger partial charge < -0.3 is 19.9 Å². The molecule has 4 rings (SSSR count). The van der Waals surface area contributed by atoms with Crippen LogP contribution in [0.15, 0.2) is 54.7 Å². The van der Waals surface area contributed by atoms with Gasteiger partial charge in [-0.25, -0.2) is 5.48 Å². The predicted octanol–water partition coefficient (Wildman–Crippen LogP) is 2.04. The van der Waals surface area contributed by atoms with E-state index in [2.05, 4.69) is 29.3 Å². The van der Waals surface area contributed by atoms with Gasteiger partial charge in [0.25, 0.3) is 5.91 Å². The maximum absolute atomic E-state index is 11.3. The monoisotopic (exact) mass is 479 g/mol. The highest BCUT2D eigenvalue weighted by atomic mass is 16.5. The summed E-state index contributed by atoms with van der Waals surface area (Å²) in [5, 5.41) is 38.8. The van der Waals surface area contributed by atoms with Gasteiger partial charge in [-0.1, -0.05) is 36.4 Å². The number of amides is 1. The number of rotatable bonds is 11. The molecule has 0 saturated carbocycles. The van der Waals surface area contributed by atoms with Crippen molar-refractivity contribution >= 4 is 22.9 Å². The molecule has 1 aromatic heterocycles. The Balaban J connectivity index is 1.51. The third kappa shape index (κ3) is 5.80. The van der Waals surface area contributed by atoms with Crippen molar-refractivity contribution in [3.63, 3.8) is 0 Å². The summed E-state index contributed by atoms with van der Waals surface area (Å²) in [4.78, 5) is 13.6. The molecular weight excluding hydrogens is 446 g/mol. The van der Waals surface area contributed by atoms with Crippen LogP contribution in [0.25, 0.3) is 17.0 Å². The van der Waals surface area contributed by atoms with Crippen molar-refractivity contribution in [1.29, 1.82) is 0 Å². The molecule has 2 aromatic carbocycles. The van der Waals surface area contributed by atoms with E-state index in [1.165, 1.54) is 22.8 Å². The van der Waals surface area contributed by atoms with E-state index in [0.29, 0.717) is 13.1 Å². The number of hydrogen-bond acceptors (Lipinski definition) is 6. The average Bonchev–Trinajstić information content (AvgIpc) is 3.46. The van der Waals surface area contributed by atoms with E-state index in [4.69, 9.17) is 5.21 Å². The van der Waals surface area contributed by atoms with Gasteiger partial charge in [0.2, 0.25) is 0 Å². The van der Waals surface area contributed by atoms with Gasteiger partial charge in [0, 0.05) is 42.3 Å². The van der Waals surface area contributed by atoms with Gasteiger partial charge in [-0.3, -0.25) is 14.9 Å². The zero-order chi connectivity index (χ0) is 24.8. The third-order valence-corrected chi connectivity index (χ3v) is 6.74. The quantitative estimate of drug-likeness (QED) is 0.163. The fraction of sp³-hybridized carbons (Fsp3) is 0.370. The van der Waals surface area contributed by atoms with Gasteiger partial charge >= 0.3 is 0 Å². The van der Waals surface area contributed by atoms with Crippen LogP contribution in [0.3, 0.4) is 0 Å².